The van der Waals surface area contributed by atoms with Crippen LogP contribution in [-0.4, -0.2) is 31.7 Å². The van der Waals surface area contributed by atoms with Gasteiger partial charge in [-0.3, -0.25) is 4.79 Å². The molecule has 21 heavy (non-hydrogen) atoms. The van der Waals surface area contributed by atoms with Crippen molar-refractivity contribution in [1.82, 2.24) is 4.31 Å². The summed E-state index contributed by atoms with van der Waals surface area (Å²) >= 11 is 5.89. The van der Waals surface area contributed by atoms with Gasteiger partial charge in [-0.05, 0) is 30.5 Å². The number of carbonyl (C=O) groups is 1. The zero-order chi connectivity index (χ0) is 16.4. The molecule has 4 N–H and O–H groups in total. The summed E-state index contributed by atoms with van der Waals surface area (Å²) in [4.78, 5) is 11.1. The minimum absolute atomic E-state index is 0.00519. The zero-order valence-electron chi connectivity index (χ0n) is 12.3. The van der Waals surface area contributed by atoms with Crippen molar-refractivity contribution in [3.63, 3.8) is 0 Å². The van der Waals surface area contributed by atoms with Gasteiger partial charge >= 0.3 is 0 Å². The monoisotopic (exact) mass is 333 g/mol. The third-order valence-electron chi connectivity index (χ3n) is 2.88. The van der Waals surface area contributed by atoms with Gasteiger partial charge < -0.3 is 11.5 Å². The van der Waals surface area contributed by atoms with Crippen molar-refractivity contribution < 1.29 is 13.2 Å². The molecule has 0 atom stereocenters. The fourth-order valence-corrected chi connectivity index (χ4v) is 4.05. The first-order chi connectivity index (χ1) is 9.55. The highest BCUT2D eigenvalue weighted by Gasteiger charge is 2.29. The van der Waals surface area contributed by atoms with Crippen LogP contribution in [0.5, 0.6) is 0 Å². The number of hydrogen-bond acceptors (Lipinski definition) is 4. The number of carbonyl (C=O) groups excluding carboxylic acids is 1. The first-order valence-corrected chi connectivity index (χ1v) is 8.21. The maximum absolute atomic E-state index is 12.7. The molecule has 0 aliphatic heterocycles. The van der Waals surface area contributed by atoms with Crippen LogP contribution >= 0.6 is 11.6 Å². The van der Waals surface area contributed by atoms with Gasteiger partial charge in [0, 0.05) is 17.3 Å². The number of nitrogen functional groups attached to an aromatic ring is 1. The van der Waals surface area contributed by atoms with E-state index in [1.807, 2.05) is 13.8 Å². The Hall–Kier alpha value is -1.31. The Morgan fingerprint density at radius 2 is 1.95 bits per heavy atom. The Kier molecular flexibility index (Phi) is 5.61. The lowest BCUT2D eigenvalue weighted by atomic mass is 10.2. The van der Waals surface area contributed by atoms with Crippen LogP contribution in [0.3, 0.4) is 0 Å². The van der Waals surface area contributed by atoms with Crippen molar-refractivity contribution in [1.29, 1.82) is 0 Å². The van der Waals surface area contributed by atoms with E-state index in [1.165, 1.54) is 12.1 Å². The van der Waals surface area contributed by atoms with E-state index >= 15 is 0 Å². The highest BCUT2D eigenvalue weighted by Crippen LogP contribution is 2.28. The molecule has 0 unspecified atom stereocenters. The minimum Gasteiger partial charge on any atom is -0.398 e. The van der Waals surface area contributed by atoms with Gasteiger partial charge in [0.1, 0.15) is 0 Å². The molecule has 1 aromatic carbocycles. The van der Waals surface area contributed by atoms with Gasteiger partial charge in [0.2, 0.25) is 15.9 Å². The van der Waals surface area contributed by atoms with Crippen LogP contribution in [0.25, 0.3) is 0 Å². The Balaban J connectivity index is 3.38. The fourth-order valence-electron chi connectivity index (χ4n) is 1.91. The van der Waals surface area contributed by atoms with Crippen LogP contribution in [0, 0.1) is 12.8 Å². The molecular weight excluding hydrogens is 314 g/mol. The highest BCUT2D eigenvalue weighted by atomic mass is 35.5. The maximum Gasteiger partial charge on any atom is 0.243 e. The molecule has 0 fully saturated rings. The summed E-state index contributed by atoms with van der Waals surface area (Å²) in [7, 11) is -3.90. The topological polar surface area (TPSA) is 106 Å². The van der Waals surface area contributed by atoms with Crippen LogP contribution in [0.1, 0.15) is 19.4 Å². The Morgan fingerprint density at radius 3 is 2.43 bits per heavy atom. The van der Waals surface area contributed by atoms with Crippen molar-refractivity contribution in [3.8, 4) is 0 Å². The first-order valence-electron chi connectivity index (χ1n) is 6.39. The number of anilines is 1. The molecule has 6 nitrogen and oxygen atoms in total. The highest BCUT2D eigenvalue weighted by molar-refractivity contribution is 7.89. The molecule has 0 radical (unpaired) electrons. The summed E-state index contributed by atoms with van der Waals surface area (Å²) < 4.78 is 26.5. The van der Waals surface area contributed by atoms with Crippen LogP contribution in [0.2, 0.25) is 5.02 Å². The number of nitrogens with two attached hydrogens (primary N) is 2. The molecule has 0 saturated heterocycles. The Morgan fingerprint density at radius 1 is 1.38 bits per heavy atom. The van der Waals surface area contributed by atoms with Crippen molar-refractivity contribution >= 4 is 33.2 Å². The standard InChI is InChI=1S/C13H20ClN3O3S/c1-8(2)6-17(7-13(16)18)21(19,20)12-5-10(14)4-11(15)9(12)3/h4-5,8H,6-7,15H2,1-3H3,(H2,16,18). The number of amides is 1. The van der Waals surface area contributed by atoms with Crippen LogP contribution in [0.15, 0.2) is 17.0 Å². The molecule has 1 aromatic rings. The molecule has 0 bridgehead atoms. The number of rotatable bonds is 6. The summed E-state index contributed by atoms with van der Waals surface area (Å²) in [5.41, 5.74) is 11.6. The lowest BCUT2D eigenvalue weighted by Crippen LogP contribution is -2.40. The second kappa shape index (κ2) is 6.64. The quantitative estimate of drug-likeness (QED) is 0.766. The van der Waals surface area contributed by atoms with Crippen LogP contribution in [-0.2, 0) is 14.8 Å². The predicted octanol–water partition coefficient (Wildman–Crippen LogP) is 1.36. The number of primary amides is 1. The summed E-state index contributed by atoms with van der Waals surface area (Å²) in [5.74, 6) is -0.678. The molecule has 0 saturated carbocycles. The molecule has 0 aliphatic rings. The van der Waals surface area contributed by atoms with E-state index < -0.39 is 15.9 Å². The smallest absolute Gasteiger partial charge is 0.243 e. The fraction of sp³-hybridized carbons (Fsp3) is 0.462. The first kappa shape index (κ1) is 17.7. The summed E-state index contributed by atoms with van der Waals surface area (Å²) in [6.45, 7) is 5.09. The average molecular weight is 334 g/mol. The SMILES string of the molecule is Cc1c(N)cc(Cl)cc1S(=O)(=O)N(CC(N)=O)CC(C)C. The van der Waals surface area contributed by atoms with Crippen molar-refractivity contribution in [2.24, 2.45) is 11.7 Å². The molecule has 8 heteroatoms. The number of nitrogens with zero attached hydrogens (tertiary/aromatic N) is 1. The molecule has 1 amide bonds. The van der Waals surface area contributed by atoms with E-state index in [-0.39, 0.29) is 34.6 Å². The Labute approximate surface area is 130 Å². The number of benzene rings is 1. The van der Waals surface area contributed by atoms with E-state index in [0.29, 0.717) is 5.56 Å². The second-order valence-corrected chi connectivity index (χ2v) is 7.62. The summed E-state index contributed by atoms with van der Waals surface area (Å²) in [6, 6.07) is 2.81. The average Bonchev–Trinajstić information content (AvgIpc) is 2.31. The van der Waals surface area contributed by atoms with Crippen molar-refractivity contribution in [2.75, 3.05) is 18.8 Å². The predicted molar refractivity (Wildman–Crippen MR) is 83.4 cm³/mol. The zero-order valence-corrected chi connectivity index (χ0v) is 13.8. The van der Waals surface area contributed by atoms with Crippen molar-refractivity contribution in [3.05, 3.63) is 22.7 Å². The molecule has 118 valence electrons. The minimum atomic E-state index is -3.90. The number of sulfonamides is 1. The van der Waals surface area contributed by atoms with E-state index in [1.54, 1.807) is 6.92 Å². The van der Waals surface area contributed by atoms with Crippen molar-refractivity contribution in [2.45, 2.75) is 25.7 Å². The molecule has 1 rings (SSSR count). The molecule has 0 spiro atoms. The third-order valence-corrected chi connectivity index (χ3v) is 5.04. The number of hydrogen-bond donors (Lipinski definition) is 2. The Bertz CT molecular complexity index is 644. The van der Waals surface area contributed by atoms with Gasteiger partial charge in [-0.1, -0.05) is 25.4 Å². The van der Waals surface area contributed by atoms with E-state index in [9.17, 15) is 13.2 Å². The maximum atomic E-state index is 12.7. The largest absolute Gasteiger partial charge is 0.398 e. The molecule has 0 aromatic heterocycles. The van der Waals surface area contributed by atoms with Gasteiger partial charge in [0.05, 0.1) is 11.4 Å². The number of halogens is 1. The second-order valence-electron chi connectivity index (χ2n) is 5.28. The molecule has 0 heterocycles. The van der Waals surface area contributed by atoms with Gasteiger partial charge in [-0.2, -0.15) is 4.31 Å². The van der Waals surface area contributed by atoms with Gasteiger partial charge in [-0.15, -0.1) is 0 Å². The molecular formula is C13H20ClN3O3S. The lowest BCUT2D eigenvalue weighted by Gasteiger charge is -2.24. The van der Waals surface area contributed by atoms with Gasteiger partial charge in [0.25, 0.3) is 0 Å². The summed E-state index contributed by atoms with van der Waals surface area (Å²) in [6.07, 6.45) is 0. The van der Waals surface area contributed by atoms with Gasteiger partial charge in [-0.25, -0.2) is 8.42 Å². The van der Waals surface area contributed by atoms with E-state index in [2.05, 4.69) is 0 Å². The van der Waals surface area contributed by atoms with E-state index in [4.69, 9.17) is 23.1 Å². The molecule has 0 aliphatic carbocycles. The normalized spacial score (nSPS) is 12.1. The van der Waals surface area contributed by atoms with Crippen LogP contribution < -0.4 is 11.5 Å². The third kappa shape index (κ3) is 4.33. The van der Waals surface area contributed by atoms with E-state index in [0.717, 1.165) is 4.31 Å². The van der Waals surface area contributed by atoms with Gasteiger partial charge in [0.15, 0.2) is 0 Å². The summed E-state index contributed by atoms with van der Waals surface area (Å²) in [5, 5.41) is 0.222. The lowest BCUT2D eigenvalue weighted by molar-refractivity contribution is -0.118. The van der Waals surface area contributed by atoms with Crippen LogP contribution in [0.4, 0.5) is 5.69 Å².